The van der Waals surface area contributed by atoms with Crippen LogP contribution in [0.1, 0.15) is 46.6 Å². The SMILES string of the molecule is CC(C)(C)c1cn[nH]c1.CCC. The number of aromatic amines is 1. The Balaban J connectivity index is 0.000000354. The number of nitrogens with one attached hydrogen (secondary N) is 1. The Hall–Kier alpha value is -0.790. The summed E-state index contributed by atoms with van der Waals surface area (Å²) >= 11 is 0. The molecule has 70 valence electrons. The molecule has 12 heavy (non-hydrogen) atoms. The average molecular weight is 168 g/mol. The first kappa shape index (κ1) is 11.2. The molecule has 1 rings (SSSR count). The second kappa shape index (κ2) is 4.96. The van der Waals surface area contributed by atoms with Gasteiger partial charge in [0, 0.05) is 6.20 Å². The van der Waals surface area contributed by atoms with Gasteiger partial charge in [0.25, 0.3) is 0 Å². The molecule has 0 unspecified atom stereocenters. The minimum Gasteiger partial charge on any atom is -0.285 e. The van der Waals surface area contributed by atoms with E-state index in [-0.39, 0.29) is 5.41 Å². The van der Waals surface area contributed by atoms with Crippen LogP contribution in [0.3, 0.4) is 0 Å². The number of hydrogen-bond donors (Lipinski definition) is 1. The number of H-pyrrole nitrogens is 1. The lowest BCUT2D eigenvalue weighted by Crippen LogP contribution is -2.09. The summed E-state index contributed by atoms with van der Waals surface area (Å²) in [5.41, 5.74) is 1.48. The van der Waals surface area contributed by atoms with Crippen molar-refractivity contribution in [3.63, 3.8) is 0 Å². The number of aromatic nitrogens is 2. The van der Waals surface area contributed by atoms with Crippen molar-refractivity contribution in [1.82, 2.24) is 10.2 Å². The van der Waals surface area contributed by atoms with Crippen LogP contribution in [-0.4, -0.2) is 10.2 Å². The summed E-state index contributed by atoms with van der Waals surface area (Å²) in [6, 6.07) is 0. The van der Waals surface area contributed by atoms with Gasteiger partial charge >= 0.3 is 0 Å². The molecule has 1 N–H and O–H groups in total. The van der Waals surface area contributed by atoms with E-state index in [9.17, 15) is 0 Å². The van der Waals surface area contributed by atoms with Gasteiger partial charge in [0.1, 0.15) is 0 Å². The minimum atomic E-state index is 0.229. The van der Waals surface area contributed by atoms with Gasteiger partial charge in [-0.1, -0.05) is 41.0 Å². The topological polar surface area (TPSA) is 28.7 Å². The fraction of sp³-hybridized carbons (Fsp3) is 0.700. The second-order valence-corrected chi connectivity index (χ2v) is 3.94. The van der Waals surface area contributed by atoms with Gasteiger partial charge in [-0.05, 0) is 11.0 Å². The van der Waals surface area contributed by atoms with E-state index in [0.29, 0.717) is 0 Å². The van der Waals surface area contributed by atoms with Crippen molar-refractivity contribution in [2.24, 2.45) is 0 Å². The van der Waals surface area contributed by atoms with E-state index < -0.39 is 0 Å². The summed E-state index contributed by atoms with van der Waals surface area (Å²) in [6.07, 6.45) is 5.04. The van der Waals surface area contributed by atoms with Crippen molar-refractivity contribution in [3.05, 3.63) is 18.0 Å². The normalized spacial score (nSPS) is 10.4. The van der Waals surface area contributed by atoms with Crippen LogP contribution in [0.25, 0.3) is 0 Å². The van der Waals surface area contributed by atoms with Crippen molar-refractivity contribution in [2.45, 2.75) is 46.5 Å². The maximum Gasteiger partial charge on any atom is 0.0524 e. The molecule has 0 spiro atoms. The van der Waals surface area contributed by atoms with E-state index >= 15 is 0 Å². The van der Waals surface area contributed by atoms with Gasteiger partial charge in [-0.2, -0.15) is 5.10 Å². The fourth-order valence-corrected chi connectivity index (χ4v) is 0.661. The molecule has 0 saturated heterocycles. The third kappa shape index (κ3) is 4.16. The Morgan fingerprint density at radius 1 is 1.33 bits per heavy atom. The molecular formula is C10H20N2. The summed E-state index contributed by atoms with van der Waals surface area (Å²) in [6.45, 7) is 10.7. The lowest BCUT2D eigenvalue weighted by atomic mass is 9.90. The number of rotatable bonds is 0. The van der Waals surface area contributed by atoms with E-state index in [2.05, 4.69) is 44.8 Å². The number of nitrogens with zero attached hydrogens (tertiary/aromatic N) is 1. The van der Waals surface area contributed by atoms with Crippen molar-refractivity contribution in [1.29, 1.82) is 0 Å². The molecule has 1 aromatic rings. The van der Waals surface area contributed by atoms with Crippen molar-refractivity contribution < 1.29 is 0 Å². The Labute approximate surface area is 75.4 Å². The van der Waals surface area contributed by atoms with Gasteiger partial charge < -0.3 is 0 Å². The zero-order valence-corrected chi connectivity index (χ0v) is 8.81. The van der Waals surface area contributed by atoms with Crippen molar-refractivity contribution in [2.75, 3.05) is 0 Å². The Kier molecular flexibility index (Phi) is 4.64. The highest BCUT2D eigenvalue weighted by molar-refractivity contribution is 5.13. The van der Waals surface area contributed by atoms with Crippen LogP contribution in [0.15, 0.2) is 12.4 Å². The molecule has 1 aromatic heterocycles. The largest absolute Gasteiger partial charge is 0.285 e. The van der Waals surface area contributed by atoms with E-state index in [1.807, 2.05) is 12.4 Å². The maximum absolute atomic E-state index is 3.86. The van der Waals surface area contributed by atoms with E-state index in [4.69, 9.17) is 0 Å². The lowest BCUT2D eigenvalue weighted by Gasteiger charge is -2.14. The predicted octanol–water partition coefficient (Wildman–Crippen LogP) is 3.12. The van der Waals surface area contributed by atoms with Crippen LogP contribution in [0.5, 0.6) is 0 Å². The predicted molar refractivity (Wildman–Crippen MR) is 53.3 cm³/mol. The van der Waals surface area contributed by atoms with Crippen molar-refractivity contribution in [3.8, 4) is 0 Å². The van der Waals surface area contributed by atoms with Crippen LogP contribution in [0.2, 0.25) is 0 Å². The third-order valence-electron chi connectivity index (χ3n) is 1.36. The first-order chi connectivity index (χ1) is 5.52. The lowest BCUT2D eigenvalue weighted by molar-refractivity contribution is 0.590. The summed E-state index contributed by atoms with van der Waals surface area (Å²) in [5.74, 6) is 0. The smallest absolute Gasteiger partial charge is 0.0524 e. The number of hydrogen-bond acceptors (Lipinski definition) is 1. The molecule has 0 fully saturated rings. The third-order valence-corrected chi connectivity index (χ3v) is 1.36. The highest BCUT2D eigenvalue weighted by Gasteiger charge is 2.13. The Morgan fingerprint density at radius 3 is 2.00 bits per heavy atom. The van der Waals surface area contributed by atoms with Crippen LogP contribution in [-0.2, 0) is 5.41 Å². The molecule has 0 radical (unpaired) electrons. The second-order valence-electron chi connectivity index (χ2n) is 3.94. The molecule has 0 aliphatic rings. The zero-order valence-electron chi connectivity index (χ0n) is 8.81. The van der Waals surface area contributed by atoms with E-state index in [0.717, 1.165) is 0 Å². The van der Waals surface area contributed by atoms with Gasteiger partial charge in [-0.25, -0.2) is 0 Å². The standard InChI is InChI=1S/C7H12N2.C3H8/c1-7(2,3)6-4-8-9-5-6;1-3-2/h4-5H,1-3H3,(H,8,9);3H2,1-2H3. The average Bonchev–Trinajstić information content (AvgIpc) is 2.36. The zero-order chi connectivity index (χ0) is 9.61. The summed E-state index contributed by atoms with van der Waals surface area (Å²) in [4.78, 5) is 0. The molecule has 0 atom stereocenters. The molecule has 0 aromatic carbocycles. The fourth-order valence-electron chi connectivity index (χ4n) is 0.661. The molecule has 0 amide bonds. The van der Waals surface area contributed by atoms with Gasteiger partial charge in [-0.15, -0.1) is 0 Å². The molecule has 0 bridgehead atoms. The van der Waals surface area contributed by atoms with E-state index in [1.165, 1.54) is 12.0 Å². The first-order valence-electron chi connectivity index (χ1n) is 4.51. The Morgan fingerprint density at radius 2 is 1.83 bits per heavy atom. The molecule has 1 heterocycles. The van der Waals surface area contributed by atoms with Crippen LogP contribution in [0, 0.1) is 0 Å². The molecule has 2 heteroatoms. The monoisotopic (exact) mass is 168 g/mol. The van der Waals surface area contributed by atoms with Crippen LogP contribution in [0.4, 0.5) is 0 Å². The molecule has 0 aliphatic carbocycles. The summed E-state index contributed by atoms with van der Waals surface area (Å²) in [7, 11) is 0. The summed E-state index contributed by atoms with van der Waals surface area (Å²) < 4.78 is 0. The first-order valence-corrected chi connectivity index (χ1v) is 4.51. The van der Waals surface area contributed by atoms with Gasteiger partial charge in [-0.3, -0.25) is 5.10 Å². The highest BCUT2D eigenvalue weighted by atomic mass is 15.1. The highest BCUT2D eigenvalue weighted by Crippen LogP contribution is 2.19. The molecule has 0 aliphatic heterocycles. The Bertz CT molecular complexity index is 182. The molecule has 2 nitrogen and oxygen atoms in total. The van der Waals surface area contributed by atoms with Gasteiger partial charge in [0.05, 0.1) is 6.20 Å². The van der Waals surface area contributed by atoms with Gasteiger partial charge in [0.2, 0.25) is 0 Å². The molecular weight excluding hydrogens is 148 g/mol. The quantitative estimate of drug-likeness (QED) is 0.633. The summed E-state index contributed by atoms with van der Waals surface area (Å²) in [5, 5.41) is 6.65. The van der Waals surface area contributed by atoms with Crippen molar-refractivity contribution >= 4 is 0 Å². The van der Waals surface area contributed by atoms with Crippen LogP contribution >= 0.6 is 0 Å². The maximum atomic E-state index is 3.86. The van der Waals surface area contributed by atoms with Crippen LogP contribution < -0.4 is 0 Å². The van der Waals surface area contributed by atoms with Gasteiger partial charge in [0.15, 0.2) is 0 Å². The minimum absolute atomic E-state index is 0.229. The van der Waals surface area contributed by atoms with E-state index in [1.54, 1.807) is 0 Å². The molecule has 0 saturated carbocycles.